The van der Waals surface area contributed by atoms with Crippen molar-refractivity contribution in [3.05, 3.63) is 0 Å². The van der Waals surface area contributed by atoms with Gasteiger partial charge in [-0.3, -0.25) is 4.79 Å². The second-order valence-electron chi connectivity index (χ2n) is 3.89. The number of nitriles is 1. The maximum atomic E-state index is 10.9. The molecule has 1 saturated heterocycles. The monoisotopic (exact) mass is 195 g/mol. The van der Waals surface area contributed by atoms with Crippen LogP contribution in [0.15, 0.2) is 0 Å². The van der Waals surface area contributed by atoms with Crippen molar-refractivity contribution in [1.29, 1.82) is 5.26 Å². The molecule has 1 aliphatic heterocycles. The zero-order chi connectivity index (χ0) is 10.4. The summed E-state index contributed by atoms with van der Waals surface area (Å²) in [5, 5.41) is 11.0. The van der Waals surface area contributed by atoms with Gasteiger partial charge < -0.3 is 10.2 Å². The summed E-state index contributed by atoms with van der Waals surface area (Å²) < 4.78 is 0. The molecular formula is C10H17N3O. The largest absolute Gasteiger partial charge is 0.355 e. The van der Waals surface area contributed by atoms with Gasteiger partial charge in [-0.15, -0.1) is 0 Å². The summed E-state index contributed by atoms with van der Waals surface area (Å²) in [7, 11) is 2.12. The Hall–Kier alpha value is -1.08. The van der Waals surface area contributed by atoms with Crippen LogP contribution in [0.25, 0.3) is 0 Å². The van der Waals surface area contributed by atoms with Crippen LogP contribution in [0.4, 0.5) is 0 Å². The Morgan fingerprint density at radius 2 is 2.50 bits per heavy atom. The molecule has 1 atom stereocenters. The fraction of sp³-hybridized carbons (Fsp3) is 0.800. The van der Waals surface area contributed by atoms with Crippen molar-refractivity contribution in [2.75, 3.05) is 26.7 Å². The Labute approximate surface area is 84.9 Å². The lowest BCUT2D eigenvalue weighted by Gasteiger charge is -2.10. The van der Waals surface area contributed by atoms with Crippen LogP contribution >= 0.6 is 0 Å². The Morgan fingerprint density at radius 1 is 1.71 bits per heavy atom. The molecule has 78 valence electrons. The summed E-state index contributed by atoms with van der Waals surface area (Å²) in [4.78, 5) is 13.2. The second kappa shape index (κ2) is 5.61. The van der Waals surface area contributed by atoms with E-state index in [4.69, 9.17) is 5.26 Å². The zero-order valence-electron chi connectivity index (χ0n) is 8.62. The highest BCUT2D eigenvalue weighted by molar-refractivity contribution is 5.77. The molecule has 0 aromatic heterocycles. The van der Waals surface area contributed by atoms with Gasteiger partial charge in [0.2, 0.25) is 5.91 Å². The van der Waals surface area contributed by atoms with Crippen molar-refractivity contribution in [3.63, 3.8) is 0 Å². The van der Waals surface area contributed by atoms with Crippen molar-refractivity contribution in [1.82, 2.24) is 10.2 Å². The third kappa shape index (κ3) is 3.75. The van der Waals surface area contributed by atoms with Crippen molar-refractivity contribution < 1.29 is 4.79 Å². The van der Waals surface area contributed by atoms with E-state index in [9.17, 15) is 4.79 Å². The van der Waals surface area contributed by atoms with Gasteiger partial charge in [0.05, 0.1) is 6.07 Å². The van der Waals surface area contributed by atoms with E-state index < -0.39 is 0 Å². The van der Waals surface area contributed by atoms with Crippen LogP contribution in [0.2, 0.25) is 0 Å². The highest BCUT2D eigenvalue weighted by Crippen LogP contribution is 2.16. The molecule has 4 nitrogen and oxygen atoms in total. The van der Waals surface area contributed by atoms with Gasteiger partial charge in [0.15, 0.2) is 0 Å². The quantitative estimate of drug-likeness (QED) is 0.704. The Morgan fingerprint density at radius 3 is 3.07 bits per heavy atom. The predicted molar refractivity (Wildman–Crippen MR) is 53.5 cm³/mol. The van der Waals surface area contributed by atoms with Gasteiger partial charge in [-0.2, -0.15) is 5.26 Å². The Balaban J connectivity index is 2.04. The van der Waals surface area contributed by atoms with Crippen LogP contribution in [-0.4, -0.2) is 37.5 Å². The van der Waals surface area contributed by atoms with Gasteiger partial charge in [0.25, 0.3) is 0 Å². The number of carbonyl (C=O) groups excluding carboxylic acids is 1. The maximum absolute atomic E-state index is 10.9. The molecule has 1 unspecified atom stereocenters. The average Bonchev–Trinajstić information content (AvgIpc) is 2.52. The first-order chi connectivity index (χ1) is 6.72. The maximum Gasteiger partial charge on any atom is 0.234 e. The van der Waals surface area contributed by atoms with Gasteiger partial charge >= 0.3 is 0 Å². The van der Waals surface area contributed by atoms with Crippen LogP contribution in [0, 0.1) is 17.2 Å². The smallest absolute Gasteiger partial charge is 0.234 e. The predicted octanol–water partition coefficient (Wildman–Crippen LogP) is 0.358. The molecule has 0 radical (unpaired) electrons. The number of rotatable bonds is 4. The molecule has 1 fully saturated rings. The van der Waals surface area contributed by atoms with Crippen LogP contribution in [0.5, 0.6) is 0 Å². The molecule has 4 heteroatoms. The second-order valence-corrected chi connectivity index (χ2v) is 3.89. The molecule has 1 rings (SSSR count). The standard InChI is InChI=1S/C10H17N3O/c1-13-7-4-9(8-13)3-6-12-10(14)2-5-11/h9H,2-4,6-8H2,1H3,(H,12,14). The summed E-state index contributed by atoms with van der Waals surface area (Å²) >= 11 is 0. The molecule has 0 aromatic carbocycles. The Bertz CT molecular complexity index is 234. The minimum atomic E-state index is -0.154. The molecule has 0 spiro atoms. The minimum absolute atomic E-state index is 0.0232. The summed E-state index contributed by atoms with van der Waals surface area (Å²) in [6.07, 6.45) is 2.23. The fourth-order valence-electron chi connectivity index (χ4n) is 1.81. The van der Waals surface area contributed by atoms with Gasteiger partial charge in [0.1, 0.15) is 6.42 Å². The number of hydrogen-bond donors (Lipinski definition) is 1. The van der Waals surface area contributed by atoms with Crippen LogP contribution in [0.3, 0.4) is 0 Å². The number of nitrogens with zero attached hydrogens (tertiary/aromatic N) is 2. The molecule has 14 heavy (non-hydrogen) atoms. The van der Waals surface area contributed by atoms with Crippen LogP contribution < -0.4 is 5.32 Å². The summed E-state index contributed by atoms with van der Waals surface area (Å²) in [5.74, 6) is 0.557. The SMILES string of the molecule is CN1CCC(CCNC(=O)CC#N)C1. The van der Waals surface area contributed by atoms with E-state index in [0.29, 0.717) is 12.5 Å². The lowest BCUT2D eigenvalue weighted by atomic mass is 10.1. The van der Waals surface area contributed by atoms with Crippen LogP contribution in [-0.2, 0) is 4.79 Å². The number of amides is 1. The van der Waals surface area contributed by atoms with E-state index >= 15 is 0 Å². The van der Waals surface area contributed by atoms with E-state index in [2.05, 4.69) is 17.3 Å². The van der Waals surface area contributed by atoms with E-state index in [1.807, 2.05) is 6.07 Å². The van der Waals surface area contributed by atoms with Crippen molar-refractivity contribution in [3.8, 4) is 6.07 Å². The van der Waals surface area contributed by atoms with Gasteiger partial charge in [-0.25, -0.2) is 0 Å². The lowest BCUT2D eigenvalue weighted by molar-refractivity contribution is -0.120. The van der Waals surface area contributed by atoms with E-state index in [1.165, 1.54) is 6.42 Å². The normalized spacial score (nSPS) is 21.9. The zero-order valence-corrected chi connectivity index (χ0v) is 8.62. The molecule has 1 aliphatic rings. The number of hydrogen-bond acceptors (Lipinski definition) is 3. The highest BCUT2D eigenvalue weighted by atomic mass is 16.1. The number of likely N-dealkylation sites (tertiary alicyclic amines) is 1. The number of carbonyl (C=O) groups is 1. The topological polar surface area (TPSA) is 56.1 Å². The molecule has 0 bridgehead atoms. The fourth-order valence-corrected chi connectivity index (χ4v) is 1.81. The Kier molecular flexibility index (Phi) is 4.41. The molecule has 0 aliphatic carbocycles. The summed E-state index contributed by atoms with van der Waals surface area (Å²) in [6, 6.07) is 1.83. The van der Waals surface area contributed by atoms with Crippen molar-refractivity contribution in [2.24, 2.45) is 5.92 Å². The van der Waals surface area contributed by atoms with Gasteiger partial charge in [-0.1, -0.05) is 0 Å². The lowest BCUT2D eigenvalue weighted by Crippen LogP contribution is -2.25. The van der Waals surface area contributed by atoms with Crippen molar-refractivity contribution in [2.45, 2.75) is 19.3 Å². The van der Waals surface area contributed by atoms with E-state index in [1.54, 1.807) is 0 Å². The third-order valence-electron chi connectivity index (χ3n) is 2.60. The van der Waals surface area contributed by atoms with Crippen LogP contribution in [0.1, 0.15) is 19.3 Å². The van der Waals surface area contributed by atoms with E-state index in [0.717, 1.165) is 19.5 Å². The minimum Gasteiger partial charge on any atom is -0.355 e. The summed E-state index contributed by atoms with van der Waals surface area (Å²) in [5.41, 5.74) is 0. The molecule has 0 saturated carbocycles. The molecule has 1 amide bonds. The van der Waals surface area contributed by atoms with Gasteiger partial charge in [-0.05, 0) is 32.4 Å². The molecular weight excluding hydrogens is 178 g/mol. The third-order valence-corrected chi connectivity index (χ3v) is 2.60. The summed E-state index contributed by atoms with van der Waals surface area (Å²) in [6.45, 7) is 3.00. The first-order valence-electron chi connectivity index (χ1n) is 5.04. The first kappa shape index (κ1) is 11.0. The average molecular weight is 195 g/mol. The first-order valence-corrected chi connectivity index (χ1v) is 5.04. The molecule has 0 aromatic rings. The molecule has 1 N–H and O–H groups in total. The highest BCUT2D eigenvalue weighted by Gasteiger charge is 2.18. The van der Waals surface area contributed by atoms with Gasteiger partial charge in [0, 0.05) is 13.1 Å². The van der Waals surface area contributed by atoms with E-state index in [-0.39, 0.29) is 12.3 Å². The molecule has 1 heterocycles. The number of nitrogens with one attached hydrogen (secondary N) is 1. The van der Waals surface area contributed by atoms with Crippen molar-refractivity contribution >= 4 is 5.91 Å².